The van der Waals surface area contributed by atoms with Gasteiger partial charge in [-0.1, -0.05) is 26.2 Å². The lowest BCUT2D eigenvalue weighted by Gasteiger charge is -2.23. The van der Waals surface area contributed by atoms with Crippen LogP contribution < -0.4 is 0 Å². The summed E-state index contributed by atoms with van der Waals surface area (Å²) >= 11 is 0. The van der Waals surface area contributed by atoms with E-state index in [0.717, 1.165) is 17.8 Å². The summed E-state index contributed by atoms with van der Waals surface area (Å²) in [7, 11) is 2.15. The van der Waals surface area contributed by atoms with Gasteiger partial charge in [0.15, 0.2) is 17.9 Å². The van der Waals surface area contributed by atoms with Crippen molar-refractivity contribution in [2.24, 2.45) is 10.2 Å². The minimum atomic E-state index is -0.930. The number of hydrogen-bond acceptors (Lipinski definition) is 5. The highest BCUT2D eigenvalue weighted by Crippen LogP contribution is 2.13. The fourth-order valence-electron chi connectivity index (χ4n) is 1.70. The van der Waals surface area contributed by atoms with Gasteiger partial charge >= 0.3 is 0 Å². The van der Waals surface area contributed by atoms with Crippen molar-refractivity contribution >= 4 is 35.1 Å². The molecule has 0 unspecified atom stereocenters. The van der Waals surface area contributed by atoms with Gasteiger partial charge in [-0.15, -0.1) is 0 Å². The van der Waals surface area contributed by atoms with Crippen LogP contribution in [0.2, 0.25) is 26.2 Å². The molecule has 0 aromatic rings. The number of Topliss-reactive ketones (excluding diaryl/α,β-unsaturated/α-hetero) is 1. The Labute approximate surface area is 119 Å². The van der Waals surface area contributed by atoms with Crippen LogP contribution in [-0.4, -0.2) is 58.6 Å². The second-order valence-corrected chi connectivity index (χ2v) is 11.6. The summed E-state index contributed by atoms with van der Waals surface area (Å²) in [6, 6.07) is 0. The fraction of sp³-hybridized carbons (Fsp3) is 0.750. The molecule has 7 heteroatoms. The molecule has 1 rings (SSSR count). The molecule has 0 N–H and O–H groups in total. The van der Waals surface area contributed by atoms with Crippen molar-refractivity contribution in [3.05, 3.63) is 0 Å². The summed E-state index contributed by atoms with van der Waals surface area (Å²) in [5.41, 5.74) is 1.94. The van der Waals surface area contributed by atoms with Crippen LogP contribution in [0.15, 0.2) is 10.2 Å². The number of ketones is 1. The average Bonchev–Trinajstić information content (AvgIpc) is 2.27. The Morgan fingerprint density at radius 1 is 0.842 bits per heavy atom. The van der Waals surface area contributed by atoms with Gasteiger partial charge in [-0.2, -0.15) is 10.2 Å². The van der Waals surface area contributed by atoms with Gasteiger partial charge in [0.2, 0.25) is 0 Å². The van der Waals surface area contributed by atoms with Gasteiger partial charge in [0, 0.05) is 33.4 Å². The van der Waals surface area contributed by atoms with Crippen LogP contribution in [0.5, 0.6) is 0 Å². The third-order valence-electron chi connectivity index (χ3n) is 3.30. The maximum atomic E-state index is 11.8. The Hall–Kier alpha value is -0.956. The summed E-state index contributed by atoms with van der Waals surface area (Å²) in [5.74, 6) is 0.237. The first-order valence-corrected chi connectivity index (χ1v) is 12.5. The summed E-state index contributed by atoms with van der Waals surface area (Å²) in [6.07, 6.45) is 1.74. The molecule has 19 heavy (non-hydrogen) atoms. The maximum Gasteiger partial charge on any atom is 0.156 e. The van der Waals surface area contributed by atoms with E-state index in [-0.39, 0.29) is 5.78 Å². The van der Waals surface area contributed by atoms with Crippen LogP contribution in [0.4, 0.5) is 0 Å². The van der Waals surface area contributed by atoms with Gasteiger partial charge in [0.05, 0.1) is 11.4 Å². The molecule has 0 atom stereocenters. The van der Waals surface area contributed by atoms with E-state index in [0.29, 0.717) is 12.8 Å². The van der Waals surface area contributed by atoms with Gasteiger partial charge < -0.3 is 9.35 Å². The first-order valence-electron chi connectivity index (χ1n) is 6.89. The van der Waals surface area contributed by atoms with E-state index in [4.69, 9.17) is 0 Å². The van der Waals surface area contributed by atoms with Gasteiger partial charge in [-0.05, 0) is 0 Å². The molecule has 1 aliphatic carbocycles. The van der Waals surface area contributed by atoms with Crippen LogP contribution in [0.3, 0.4) is 0 Å². The maximum absolute atomic E-state index is 11.8. The minimum absolute atomic E-state index is 0.237. The Morgan fingerprint density at radius 3 is 1.53 bits per heavy atom. The molecule has 108 valence electrons. The smallest absolute Gasteiger partial charge is 0.156 e. The molecule has 0 spiro atoms. The van der Waals surface area contributed by atoms with Gasteiger partial charge in [-0.3, -0.25) is 4.79 Å². The van der Waals surface area contributed by atoms with Crippen LogP contribution in [-0.2, 0) is 4.79 Å². The molecule has 0 aliphatic heterocycles. The second kappa shape index (κ2) is 6.99. The quantitative estimate of drug-likeness (QED) is 0.580. The highest BCUT2D eigenvalue weighted by atomic mass is 28.3. The third-order valence-corrected chi connectivity index (χ3v) is 6.52. The standard InChI is InChI=1S/C12H26N4OSi2/c1-15(18(3)4)13-10-7-11(9-12(17)8-10)14-16(2)19(5)6/h18-19H,7-9H2,1-6H3. The summed E-state index contributed by atoms with van der Waals surface area (Å²) in [4.78, 5) is 11.8. The van der Waals surface area contributed by atoms with Crippen LogP contribution in [0, 0.1) is 0 Å². The number of hydrazone groups is 2. The van der Waals surface area contributed by atoms with Crippen molar-refractivity contribution in [2.75, 3.05) is 14.1 Å². The number of rotatable bonds is 4. The topological polar surface area (TPSA) is 48.3 Å². The highest BCUT2D eigenvalue weighted by Gasteiger charge is 2.22. The predicted molar refractivity (Wildman–Crippen MR) is 87.0 cm³/mol. The second-order valence-electron chi connectivity index (χ2n) is 5.74. The summed E-state index contributed by atoms with van der Waals surface area (Å²) < 4.78 is 4.10. The van der Waals surface area contributed by atoms with E-state index in [1.807, 2.05) is 23.4 Å². The zero-order chi connectivity index (χ0) is 14.6. The van der Waals surface area contributed by atoms with E-state index in [2.05, 4.69) is 36.4 Å². The molecular formula is C12H26N4OSi2. The van der Waals surface area contributed by atoms with Gasteiger partial charge in [0.1, 0.15) is 5.78 Å². The fourth-order valence-corrected chi connectivity index (χ4v) is 2.49. The largest absolute Gasteiger partial charge is 0.331 e. The average molecular weight is 299 g/mol. The Balaban J connectivity index is 2.81. The molecule has 0 bridgehead atoms. The first-order chi connectivity index (χ1) is 8.79. The third kappa shape index (κ3) is 5.27. The summed E-state index contributed by atoms with van der Waals surface area (Å²) in [6.45, 7) is 8.90. The highest BCUT2D eigenvalue weighted by molar-refractivity contribution is 6.52. The molecule has 0 radical (unpaired) electrons. The minimum Gasteiger partial charge on any atom is -0.331 e. The lowest BCUT2D eigenvalue weighted by Crippen LogP contribution is -2.32. The molecular weight excluding hydrogens is 272 g/mol. The van der Waals surface area contributed by atoms with Crippen molar-refractivity contribution in [3.8, 4) is 0 Å². The molecule has 0 amide bonds. The molecule has 1 aliphatic rings. The molecule has 1 fully saturated rings. The van der Waals surface area contributed by atoms with E-state index in [1.54, 1.807) is 0 Å². The molecule has 0 aromatic carbocycles. The lowest BCUT2D eigenvalue weighted by molar-refractivity contribution is -0.117. The van der Waals surface area contributed by atoms with Crippen LogP contribution in [0.1, 0.15) is 19.3 Å². The van der Waals surface area contributed by atoms with Crippen LogP contribution in [0.25, 0.3) is 0 Å². The van der Waals surface area contributed by atoms with Gasteiger partial charge in [-0.25, -0.2) is 0 Å². The van der Waals surface area contributed by atoms with Crippen molar-refractivity contribution in [3.63, 3.8) is 0 Å². The molecule has 1 saturated carbocycles. The van der Waals surface area contributed by atoms with Crippen LogP contribution >= 0.6 is 0 Å². The number of nitrogens with zero attached hydrogens (tertiary/aromatic N) is 4. The monoisotopic (exact) mass is 298 g/mol. The molecule has 5 nitrogen and oxygen atoms in total. The van der Waals surface area contributed by atoms with Crippen molar-refractivity contribution < 1.29 is 4.79 Å². The molecule has 0 heterocycles. The van der Waals surface area contributed by atoms with E-state index in [1.165, 1.54) is 0 Å². The first kappa shape index (κ1) is 16.1. The Kier molecular flexibility index (Phi) is 5.93. The van der Waals surface area contributed by atoms with E-state index >= 15 is 0 Å². The van der Waals surface area contributed by atoms with E-state index in [9.17, 15) is 4.79 Å². The number of carbonyl (C=O) groups excluding carboxylic acids is 1. The van der Waals surface area contributed by atoms with Crippen molar-refractivity contribution in [1.29, 1.82) is 0 Å². The zero-order valence-corrected chi connectivity index (χ0v) is 15.3. The molecule has 0 aromatic heterocycles. The summed E-state index contributed by atoms with van der Waals surface area (Å²) in [5, 5.41) is 9.18. The SMILES string of the molecule is CN(N=C1CC(=O)CC(=NN(C)[SiH](C)C)C1)[SiH](C)C. The number of hydrogen-bond donors (Lipinski definition) is 0. The Bertz CT molecular complexity index is 359. The van der Waals surface area contributed by atoms with E-state index < -0.39 is 17.9 Å². The normalized spacial score (nSPS) is 20.7. The van der Waals surface area contributed by atoms with Crippen molar-refractivity contribution in [1.82, 2.24) is 9.35 Å². The molecule has 0 saturated heterocycles. The number of carbonyl (C=O) groups is 1. The Morgan fingerprint density at radius 2 is 1.21 bits per heavy atom. The van der Waals surface area contributed by atoms with Gasteiger partial charge in [0.25, 0.3) is 0 Å². The predicted octanol–water partition coefficient (Wildman–Crippen LogP) is 1.28. The lowest BCUT2D eigenvalue weighted by atomic mass is 9.95. The van der Waals surface area contributed by atoms with Crippen molar-refractivity contribution in [2.45, 2.75) is 45.5 Å². The zero-order valence-electron chi connectivity index (χ0n) is 13.0.